The van der Waals surface area contributed by atoms with Gasteiger partial charge in [-0.1, -0.05) is 0 Å². The summed E-state index contributed by atoms with van der Waals surface area (Å²) in [4.78, 5) is 20.6. The number of nitrogens with zero attached hydrogens (tertiary/aromatic N) is 3. The molecule has 0 bridgehead atoms. The average Bonchev–Trinajstić information content (AvgIpc) is 3.42. The lowest BCUT2D eigenvalue weighted by Crippen LogP contribution is -2.31. The fourth-order valence-corrected chi connectivity index (χ4v) is 2.83. The number of aromatic nitrogens is 4. The van der Waals surface area contributed by atoms with E-state index in [4.69, 9.17) is 4.74 Å². The van der Waals surface area contributed by atoms with Crippen molar-refractivity contribution >= 4 is 22.8 Å². The lowest BCUT2D eigenvalue weighted by molar-refractivity contribution is 0.198. The quantitative estimate of drug-likeness (QED) is 0.592. The summed E-state index contributed by atoms with van der Waals surface area (Å²) in [6.45, 7) is 0.892. The molecule has 1 fully saturated rings. The van der Waals surface area contributed by atoms with Crippen molar-refractivity contribution in [3.63, 3.8) is 0 Å². The first-order valence-corrected chi connectivity index (χ1v) is 8.59. The molecule has 4 rings (SSSR count). The van der Waals surface area contributed by atoms with Gasteiger partial charge in [-0.05, 0) is 25.0 Å². The van der Waals surface area contributed by atoms with Crippen LogP contribution in [0.25, 0.3) is 22.2 Å². The van der Waals surface area contributed by atoms with Crippen molar-refractivity contribution in [1.82, 2.24) is 25.5 Å². The van der Waals surface area contributed by atoms with Gasteiger partial charge >= 0.3 is 6.03 Å². The second-order valence-corrected chi connectivity index (χ2v) is 6.30. The molecule has 0 aromatic carbocycles. The summed E-state index contributed by atoms with van der Waals surface area (Å²) in [5, 5.41) is 13.7. The molecular weight excluding hydrogens is 332 g/mol. The van der Waals surface area contributed by atoms with Crippen LogP contribution in [-0.2, 0) is 4.74 Å². The van der Waals surface area contributed by atoms with E-state index in [1.807, 2.05) is 12.3 Å². The Morgan fingerprint density at radius 2 is 2.23 bits per heavy atom. The molecule has 1 aliphatic rings. The van der Waals surface area contributed by atoms with E-state index in [-0.39, 0.29) is 6.03 Å². The maximum Gasteiger partial charge on any atom is 0.320 e. The minimum absolute atomic E-state index is 0.322. The van der Waals surface area contributed by atoms with Crippen LogP contribution in [-0.4, -0.2) is 46.5 Å². The Morgan fingerprint density at radius 1 is 1.35 bits per heavy atom. The lowest BCUT2D eigenvalue weighted by atomic mass is 10.1. The normalized spacial score (nSPS) is 13.7. The Balaban J connectivity index is 1.54. The minimum Gasteiger partial charge on any atom is -0.383 e. The number of hydrogen-bond donors (Lipinski definition) is 3. The monoisotopic (exact) mass is 352 g/mol. The summed E-state index contributed by atoms with van der Waals surface area (Å²) in [5.74, 6) is 1.04. The third-order valence-corrected chi connectivity index (χ3v) is 4.33. The molecule has 8 heteroatoms. The van der Waals surface area contributed by atoms with Crippen molar-refractivity contribution in [1.29, 1.82) is 0 Å². The molecule has 1 saturated carbocycles. The molecular formula is C18H20N6O2. The van der Waals surface area contributed by atoms with E-state index in [2.05, 4.69) is 36.9 Å². The van der Waals surface area contributed by atoms with Crippen molar-refractivity contribution in [2.75, 3.05) is 25.6 Å². The number of ether oxygens (including phenoxy) is 1. The molecule has 134 valence electrons. The number of nitrogens with one attached hydrogen (secondary N) is 3. The fraction of sp³-hybridized carbons (Fsp3) is 0.333. The van der Waals surface area contributed by atoms with Gasteiger partial charge in [-0.15, -0.1) is 0 Å². The second kappa shape index (κ2) is 7.09. The Kier molecular flexibility index (Phi) is 4.49. The van der Waals surface area contributed by atoms with Crippen LogP contribution in [0.1, 0.15) is 24.5 Å². The Bertz CT molecular complexity index is 934. The van der Waals surface area contributed by atoms with Gasteiger partial charge in [0, 0.05) is 54.7 Å². The predicted octanol–water partition coefficient (Wildman–Crippen LogP) is 2.67. The molecule has 0 saturated heterocycles. The van der Waals surface area contributed by atoms with Crippen LogP contribution in [0.15, 0.2) is 30.6 Å². The summed E-state index contributed by atoms with van der Waals surface area (Å²) in [6.07, 6.45) is 5.97. The van der Waals surface area contributed by atoms with E-state index < -0.39 is 0 Å². The Morgan fingerprint density at radius 3 is 3.04 bits per heavy atom. The fourth-order valence-electron chi connectivity index (χ4n) is 2.83. The van der Waals surface area contributed by atoms with Crippen molar-refractivity contribution in [3.8, 4) is 11.3 Å². The van der Waals surface area contributed by atoms with Gasteiger partial charge in [-0.25, -0.2) is 9.78 Å². The number of urea groups is 1. The van der Waals surface area contributed by atoms with Crippen molar-refractivity contribution in [2.24, 2.45) is 0 Å². The van der Waals surface area contributed by atoms with E-state index in [0.29, 0.717) is 24.9 Å². The highest BCUT2D eigenvalue weighted by molar-refractivity contribution is 5.95. The maximum atomic E-state index is 11.8. The van der Waals surface area contributed by atoms with Gasteiger partial charge in [0.25, 0.3) is 0 Å². The second-order valence-electron chi connectivity index (χ2n) is 6.30. The molecule has 0 spiro atoms. The van der Waals surface area contributed by atoms with E-state index >= 15 is 0 Å². The number of methoxy groups -OCH3 is 1. The molecule has 2 amide bonds. The number of carbonyl (C=O) groups excluding carboxylic acids is 1. The van der Waals surface area contributed by atoms with Gasteiger partial charge in [-0.2, -0.15) is 5.10 Å². The third-order valence-electron chi connectivity index (χ3n) is 4.33. The van der Waals surface area contributed by atoms with Gasteiger partial charge in [0.1, 0.15) is 11.5 Å². The highest BCUT2D eigenvalue weighted by Gasteiger charge is 2.25. The molecule has 3 aromatic heterocycles. The number of H-pyrrole nitrogens is 1. The van der Waals surface area contributed by atoms with Crippen LogP contribution < -0.4 is 10.6 Å². The highest BCUT2D eigenvalue weighted by atomic mass is 16.5. The predicted molar refractivity (Wildman–Crippen MR) is 98.0 cm³/mol. The van der Waals surface area contributed by atoms with E-state index in [9.17, 15) is 4.79 Å². The number of anilines is 1. The minimum atomic E-state index is -0.322. The van der Waals surface area contributed by atoms with Crippen molar-refractivity contribution < 1.29 is 9.53 Å². The smallest absolute Gasteiger partial charge is 0.320 e. The largest absolute Gasteiger partial charge is 0.383 e. The Labute approximate surface area is 150 Å². The first kappa shape index (κ1) is 16.5. The number of amides is 2. The summed E-state index contributed by atoms with van der Waals surface area (Å²) >= 11 is 0. The SMILES string of the molecule is COCCNC(=O)Nc1cc2[nH]nc(-c3ccnc(C4CC4)c3)c2cn1. The number of carbonyl (C=O) groups is 1. The zero-order valence-electron chi connectivity index (χ0n) is 14.5. The number of aromatic amines is 1. The van der Waals surface area contributed by atoms with Crippen LogP contribution in [0.2, 0.25) is 0 Å². The molecule has 3 heterocycles. The van der Waals surface area contributed by atoms with Crippen LogP contribution in [0, 0.1) is 0 Å². The lowest BCUT2D eigenvalue weighted by Gasteiger charge is -2.06. The molecule has 0 radical (unpaired) electrons. The summed E-state index contributed by atoms with van der Waals surface area (Å²) in [6, 6.07) is 5.50. The first-order valence-electron chi connectivity index (χ1n) is 8.59. The van der Waals surface area contributed by atoms with Crippen LogP contribution in [0.3, 0.4) is 0 Å². The van der Waals surface area contributed by atoms with E-state index in [1.54, 1.807) is 19.4 Å². The number of fused-ring (bicyclic) bond motifs is 1. The molecule has 26 heavy (non-hydrogen) atoms. The zero-order chi connectivity index (χ0) is 17.9. The Hall–Kier alpha value is -3.00. The van der Waals surface area contributed by atoms with Gasteiger partial charge in [0.15, 0.2) is 0 Å². The summed E-state index contributed by atoms with van der Waals surface area (Å²) in [7, 11) is 1.58. The van der Waals surface area contributed by atoms with Crippen LogP contribution in [0.4, 0.5) is 10.6 Å². The van der Waals surface area contributed by atoms with Gasteiger partial charge < -0.3 is 10.1 Å². The topological polar surface area (TPSA) is 105 Å². The maximum absolute atomic E-state index is 11.8. The van der Waals surface area contributed by atoms with Gasteiger partial charge in [0.05, 0.1) is 12.1 Å². The molecule has 3 aromatic rings. The molecule has 0 aliphatic heterocycles. The first-order chi connectivity index (χ1) is 12.7. The van der Waals surface area contributed by atoms with E-state index in [1.165, 1.54) is 12.8 Å². The standard InChI is InChI=1S/C18H20N6O2/c1-26-7-6-20-18(25)22-16-9-15-13(10-21-16)17(24-23-15)12-4-5-19-14(8-12)11-2-3-11/h4-5,8-11H,2-3,6-7H2,1H3,(H,23,24)(H2,20,21,22,25). The molecule has 0 atom stereocenters. The van der Waals surface area contributed by atoms with Crippen molar-refractivity contribution in [3.05, 3.63) is 36.3 Å². The van der Waals surface area contributed by atoms with Gasteiger partial charge in [0.2, 0.25) is 0 Å². The number of hydrogen-bond acceptors (Lipinski definition) is 5. The molecule has 3 N–H and O–H groups in total. The average molecular weight is 352 g/mol. The highest BCUT2D eigenvalue weighted by Crippen LogP contribution is 2.40. The molecule has 1 aliphatic carbocycles. The number of rotatable bonds is 6. The summed E-state index contributed by atoms with van der Waals surface area (Å²) < 4.78 is 4.90. The van der Waals surface area contributed by atoms with Crippen LogP contribution in [0.5, 0.6) is 0 Å². The van der Waals surface area contributed by atoms with Gasteiger partial charge in [-0.3, -0.25) is 15.4 Å². The summed E-state index contributed by atoms with van der Waals surface area (Å²) in [5.41, 5.74) is 3.80. The number of pyridine rings is 2. The van der Waals surface area contributed by atoms with Crippen LogP contribution >= 0.6 is 0 Å². The molecule has 0 unspecified atom stereocenters. The molecule has 8 nitrogen and oxygen atoms in total. The van der Waals surface area contributed by atoms with Crippen molar-refractivity contribution in [2.45, 2.75) is 18.8 Å². The van der Waals surface area contributed by atoms with E-state index in [0.717, 1.165) is 27.9 Å². The third kappa shape index (κ3) is 3.50. The zero-order valence-corrected chi connectivity index (χ0v) is 14.5.